The summed E-state index contributed by atoms with van der Waals surface area (Å²) >= 11 is 0. The van der Waals surface area contributed by atoms with Crippen molar-refractivity contribution in [1.82, 2.24) is 4.98 Å². The lowest BCUT2D eigenvalue weighted by Crippen LogP contribution is -2.04. The Morgan fingerprint density at radius 1 is 1.31 bits per heavy atom. The quantitative estimate of drug-likeness (QED) is 0.723. The van der Waals surface area contributed by atoms with E-state index in [-0.39, 0.29) is 16.9 Å². The number of hydrogen-bond acceptors (Lipinski definition) is 2. The van der Waals surface area contributed by atoms with Crippen molar-refractivity contribution < 1.29 is 13.2 Å². The van der Waals surface area contributed by atoms with Crippen LogP contribution in [-0.2, 0) is 6.18 Å². The number of anilines is 1. The molecule has 0 aliphatic heterocycles. The van der Waals surface area contributed by atoms with Crippen LogP contribution in [0.4, 0.5) is 19.0 Å². The van der Waals surface area contributed by atoms with Gasteiger partial charge in [0.1, 0.15) is 17.5 Å². The fourth-order valence-electron chi connectivity index (χ4n) is 1.52. The third-order valence-electron chi connectivity index (χ3n) is 2.27. The highest BCUT2D eigenvalue weighted by Crippen LogP contribution is 2.33. The molecule has 2 rings (SSSR count). The van der Waals surface area contributed by atoms with Gasteiger partial charge in [-0.3, -0.25) is 0 Å². The molecule has 0 saturated carbocycles. The van der Waals surface area contributed by atoms with Crippen LogP contribution in [0, 0.1) is 11.3 Å². The van der Waals surface area contributed by atoms with E-state index in [0.29, 0.717) is 5.39 Å². The molecule has 0 aliphatic rings. The Labute approximate surface area is 88.3 Å². The highest BCUT2D eigenvalue weighted by molar-refractivity contribution is 5.91. The lowest BCUT2D eigenvalue weighted by Gasteiger charge is -2.05. The molecule has 6 heteroatoms. The van der Waals surface area contributed by atoms with Crippen molar-refractivity contribution in [2.24, 2.45) is 0 Å². The van der Waals surface area contributed by atoms with E-state index in [1.54, 1.807) is 0 Å². The number of halogens is 3. The Hall–Kier alpha value is -2.16. The van der Waals surface area contributed by atoms with Crippen molar-refractivity contribution in [3.05, 3.63) is 29.3 Å². The molecule has 0 amide bonds. The summed E-state index contributed by atoms with van der Waals surface area (Å²) in [6.45, 7) is 0. The van der Waals surface area contributed by atoms with Gasteiger partial charge in [-0.05, 0) is 12.1 Å². The molecule has 0 unspecified atom stereocenters. The van der Waals surface area contributed by atoms with E-state index < -0.39 is 11.7 Å². The van der Waals surface area contributed by atoms with Crippen LogP contribution in [-0.4, -0.2) is 4.98 Å². The summed E-state index contributed by atoms with van der Waals surface area (Å²) in [7, 11) is 0. The van der Waals surface area contributed by atoms with Gasteiger partial charge in [0.05, 0.1) is 5.56 Å². The first kappa shape index (κ1) is 10.4. The van der Waals surface area contributed by atoms with Gasteiger partial charge in [-0.1, -0.05) is 6.07 Å². The summed E-state index contributed by atoms with van der Waals surface area (Å²) in [5.74, 6) is 0.0804. The number of nitriles is 1. The van der Waals surface area contributed by atoms with Crippen LogP contribution in [0.25, 0.3) is 10.9 Å². The zero-order chi connectivity index (χ0) is 11.9. The van der Waals surface area contributed by atoms with Crippen LogP contribution in [0.1, 0.15) is 11.1 Å². The highest BCUT2D eigenvalue weighted by Gasteiger charge is 2.30. The number of nitrogen functional groups attached to an aromatic ring is 1. The molecule has 82 valence electrons. The van der Waals surface area contributed by atoms with Crippen molar-refractivity contribution in [3.63, 3.8) is 0 Å². The van der Waals surface area contributed by atoms with E-state index >= 15 is 0 Å². The monoisotopic (exact) mass is 225 g/mol. The van der Waals surface area contributed by atoms with Crippen molar-refractivity contribution in [2.75, 3.05) is 5.73 Å². The van der Waals surface area contributed by atoms with Crippen LogP contribution in [0.2, 0.25) is 0 Å². The third-order valence-corrected chi connectivity index (χ3v) is 2.27. The Kier molecular flexibility index (Phi) is 2.05. The maximum Gasteiger partial charge on any atom is 0.416 e. The second-order valence-electron chi connectivity index (χ2n) is 3.28. The van der Waals surface area contributed by atoms with Crippen molar-refractivity contribution in [1.29, 1.82) is 5.26 Å². The van der Waals surface area contributed by atoms with Crippen LogP contribution in [0.15, 0.2) is 18.2 Å². The van der Waals surface area contributed by atoms with E-state index in [0.717, 1.165) is 12.1 Å². The number of aromatic nitrogens is 1. The largest absolute Gasteiger partial charge is 0.416 e. The molecular formula is C10H6F3N3. The summed E-state index contributed by atoms with van der Waals surface area (Å²) in [5, 5.41) is 9.16. The molecule has 1 aromatic heterocycles. The summed E-state index contributed by atoms with van der Waals surface area (Å²) in [6.07, 6.45) is -4.40. The molecule has 3 N–H and O–H groups in total. The van der Waals surface area contributed by atoms with E-state index in [1.807, 2.05) is 6.07 Å². The summed E-state index contributed by atoms with van der Waals surface area (Å²) < 4.78 is 37.2. The van der Waals surface area contributed by atoms with Gasteiger partial charge in [-0.2, -0.15) is 18.4 Å². The molecule has 1 heterocycles. The van der Waals surface area contributed by atoms with E-state index in [4.69, 9.17) is 11.0 Å². The highest BCUT2D eigenvalue weighted by atomic mass is 19.4. The topological polar surface area (TPSA) is 65.6 Å². The summed E-state index contributed by atoms with van der Waals surface area (Å²) in [6, 6.07) is 4.94. The smallest absolute Gasteiger partial charge is 0.384 e. The predicted octanol–water partition coefficient (Wildman–Crippen LogP) is 2.64. The van der Waals surface area contributed by atoms with E-state index in [2.05, 4.69) is 4.98 Å². The number of aromatic amines is 1. The van der Waals surface area contributed by atoms with Gasteiger partial charge in [0.25, 0.3) is 0 Å². The lowest BCUT2D eigenvalue weighted by molar-refractivity contribution is -0.137. The Morgan fingerprint density at radius 2 is 2.00 bits per heavy atom. The number of rotatable bonds is 0. The average Bonchev–Trinajstić information content (AvgIpc) is 2.50. The van der Waals surface area contributed by atoms with E-state index in [9.17, 15) is 13.2 Å². The van der Waals surface area contributed by atoms with E-state index in [1.165, 1.54) is 6.07 Å². The zero-order valence-corrected chi connectivity index (χ0v) is 7.89. The van der Waals surface area contributed by atoms with Gasteiger partial charge in [0.15, 0.2) is 0 Å². The van der Waals surface area contributed by atoms with Gasteiger partial charge >= 0.3 is 6.18 Å². The fraction of sp³-hybridized carbons (Fsp3) is 0.100. The second-order valence-corrected chi connectivity index (χ2v) is 3.28. The van der Waals surface area contributed by atoms with Gasteiger partial charge in [0.2, 0.25) is 0 Å². The SMILES string of the molecule is N#Cc1c(N)[nH]c2cc(C(F)(F)F)ccc12. The van der Waals surface area contributed by atoms with Crippen molar-refractivity contribution in [3.8, 4) is 6.07 Å². The standard InChI is InChI=1S/C10H6F3N3/c11-10(12,13)5-1-2-6-7(4-14)9(15)16-8(6)3-5/h1-3,16H,15H2. The van der Waals surface area contributed by atoms with Gasteiger partial charge in [-0.25, -0.2) is 0 Å². The molecule has 16 heavy (non-hydrogen) atoms. The average molecular weight is 225 g/mol. The number of nitrogens with zero attached hydrogens (tertiary/aromatic N) is 1. The molecule has 0 spiro atoms. The Morgan fingerprint density at radius 3 is 2.56 bits per heavy atom. The zero-order valence-electron chi connectivity index (χ0n) is 7.89. The number of hydrogen-bond donors (Lipinski definition) is 2. The fourth-order valence-corrected chi connectivity index (χ4v) is 1.52. The molecule has 0 saturated heterocycles. The minimum atomic E-state index is -4.40. The van der Waals surface area contributed by atoms with Gasteiger partial charge < -0.3 is 10.7 Å². The molecule has 1 aromatic carbocycles. The molecule has 0 fully saturated rings. The van der Waals surface area contributed by atoms with Crippen LogP contribution in [0.3, 0.4) is 0 Å². The number of alkyl halides is 3. The summed E-state index contributed by atoms with van der Waals surface area (Å²) in [5.41, 5.74) is 5.07. The lowest BCUT2D eigenvalue weighted by atomic mass is 10.1. The molecule has 0 aliphatic carbocycles. The normalized spacial score (nSPS) is 11.6. The number of benzene rings is 1. The molecule has 0 bridgehead atoms. The predicted molar refractivity (Wildman–Crippen MR) is 52.4 cm³/mol. The first-order chi connectivity index (χ1) is 7.43. The minimum absolute atomic E-state index is 0.0804. The summed E-state index contributed by atoms with van der Waals surface area (Å²) in [4.78, 5) is 2.55. The third kappa shape index (κ3) is 1.46. The van der Waals surface area contributed by atoms with Crippen LogP contribution >= 0.6 is 0 Å². The maximum absolute atomic E-state index is 12.4. The number of fused-ring (bicyclic) bond motifs is 1. The second kappa shape index (κ2) is 3.17. The van der Waals surface area contributed by atoms with Crippen LogP contribution < -0.4 is 5.73 Å². The maximum atomic E-state index is 12.4. The van der Waals surface area contributed by atoms with Gasteiger partial charge in [-0.15, -0.1) is 0 Å². The van der Waals surface area contributed by atoms with Gasteiger partial charge in [0, 0.05) is 10.9 Å². The van der Waals surface area contributed by atoms with Crippen LogP contribution in [0.5, 0.6) is 0 Å². The van der Waals surface area contributed by atoms with Crippen molar-refractivity contribution in [2.45, 2.75) is 6.18 Å². The molecule has 3 nitrogen and oxygen atoms in total. The van der Waals surface area contributed by atoms with Crippen molar-refractivity contribution >= 4 is 16.7 Å². The number of nitrogens with one attached hydrogen (secondary N) is 1. The molecule has 2 aromatic rings. The number of H-pyrrole nitrogens is 1. The minimum Gasteiger partial charge on any atom is -0.384 e. The molecule has 0 atom stereocenters. The molecular weight excluding hydrogens is 219 g/mol. The number of nitrogens with two attached hydrogens (primary N) is 1. The first-order valence-electron chi connectivity index (χ1n) is 4.32. The first-order valence-corrected chi connectivity index (χ1v) is 4.32. The Balaban J connectivity index is 2.71. The molecule has 0 radical (unpaired) electrons. The Bertz CT molecular complexity index is 590.